The molecule has 0 unspecified atom stereocenters. The first kappa shape index (κ1) is 8.67. The van der Waals surface area contributed by atoms with Crippen LogP contribution in [0.4, 0.5) is 11.4 Å². The van der Waals surface area contributed by atoms with Gasteiger partial charge < -0.3 is 15.9 Å². The zero-order valence-corrected chi connectivity index (χ0v) is 7.00. The van der Waals surface area contributed by atoms with E-state index in [0.717, 1.165) is 5.69 Å². The highest BCUT2D eigenvalue weighted by Crippen LogP contribution is 2.24. The van der Waals surface area contributed by atoms with Crippen molar-refractivity contribution < 1.29 is 4.74 Å². The molecule has 0 radical (unpaired) electrons. The summed E-state index contributed by atoms with van der Waals surface area (Å²) in [6.45, 7) is 2.50. The van der Waals surface area contributed by atoms with Crippen molar-refractivity contribution in [3.63, 3.8) is 0 Å². The third-order valence-electron chi connectivity index (χ3n) is 1.48. The average molecular weight is 167 g/mol. The van der Waals surface area contributed by atoms with E-state index in [9.17, 15) is 0 Å². The van der Waals surface area contributed by atoms with Gasteiger partial charge in [0.2, 0.25) is 0 Å². The highest BCUT2D eigenvalue weighted by Gasteiger charge is 1.99. The van der Waals surface area contributed by atoms with Crippen LogP contribution in [0.2, 0.25) is 0 Å². The van der Waals surface area contributed by atoms with Crippen LogP contribution in [0.3, 0.4) is 0 Å². The molecule has 1 aromatic carbocycles. The Morgan fingerprint density at radius 1 is 1.50 bits per heavy atom. The number of nitrogens with two attached hydrogens (primary N) is 2. The van der Waals surface area contributed by atoms with Crippen molar-refractivity contribution in [2.24, 2.45) is 5.84 Å². The van der Waals surface area contributed by atoms with E-state index in [4.69, 9.17) is 16.3 Å². The molecule has 1 aromatic rings. The fraction of sp³-hybridized carbons (Fsp3) is 0.250. The Morgan fingerprint density at radius 2 is 2.25 bits per heavy atom. The van der Waals surface area contributed by atoms with E-state index in [1.54, 1.807) is 18.2 Å². The summed E-state index contributed by atoms with van der Waals surface area (Å²) in [5.74, 6) is 5.88. The quantitative estimate of drug-likeness (QED) is 0.356. The van der Waals surface area contributed by atoms with Crippen LogP contribution in [0.15, 0.2) is 18.2 Å². The number of hydrogen-bond acceptors (Lipinski definition) is 4. The molecule has 0 heterocycles. The normalized spacial score (nSPS) is 9.50. The third-order valence-corrected chi connectivity index (χ3v) is 1.48. The number of nitrogens with one attached hydrogen (secondary N) is 1. The number of hydrazine groups is 1. The Balaban J connectivity index is 2.91. The summed E-state index contributed by atoms with van der Waals surface area (Å²) in [4.78, 5) is 0. The van der Waals surface area contributed by atoms with Gasteiger partial charge in [-0.25, -0.2) is 0 Å². The Hall–Kier alpha value is -1.42. The molecule has 4 nitrogen and oxygen atoms in total. The first-order valence-corrected chi connectivity index (χ1v) is 3.77. The molecule has 1 rings (SSSR count). The first-order chi connectivity index (χ1) is 5.77. The SMILES string of the molecule is CCOc1cc(NN)ccc1N. The lowest BCUT2D eigenvalue weighted by atomic mass is 10.2. The minimum atomic E-state index is 0.595. The number of hydrogen-bond donors (Lipinski definition) is 3. The summed E-state index contributed by atoms with van der Waals surface area (Å²) in [7, 11) is 0. The molecule has 0 amide bonds. The maximum Gasteiger partial charge on any atom is 0.144 e. The molecular weight excluding hydrogens is 154 g/mol. The van der Waals surface area contributed by atoms with Gasteiger partial charge >= 0.3 is 0 Å². The van der Waals surface area contributed by atoms with Gasteiger partial charge in [-0.1, -0.05) is 0 Å². The van der Waals surface area contributed by atoms with Gasteiger partial charge in [-0.3, -0.25) is 5.84 Å². The van der Waals surface area contributed by atoms with E-state index < -0.39 is 0 Å². The zero-order chi connectivity index (χ0) is 8.97. The first-order valence-electron chi connectivity index (χ1n) is 3.77. The number of anilines is 2. The van der Waals surface area contributed by atoms with Crippen molar-refractivity contribution in [3.8, 4) is 5.75 Å². The standard InChI is InChI=1S/C8H13N3O/c1-2-12-8-5-6(11-10)3-4-7(8)9/h3-5,11H,2,9-10H2,1H3. The molecule has 66 valence electrons. The second-order valence-corrected chi connectivity index (χ2v) is 2.33. The van der Waals surface area contributed by atoms with Crippen molar-refractivity contribution in [1.29, 1.82) is 0 Å². The third kappa shape index (κ3) is 1.79. The lowest BCUT2D eigenvalue weighted by molar-refractivity contribution is 0.342. The zero-order valence-electron chi connectivity index (χ0n) is 7.00. The molecule has 0 aliphatic heterocycles. The topological polar surface area (TPSA) is 73.3 Å². The van der Waals surface area contributed by atoms with E-state index in [2.05, 4.69) is 5.43 Å². The van der Waals surface area contributed by atoms with Crippen LogP contribution in [-0.2, 0) is 0 Å². The predicted octanol–water partition coefficient (Wildman–Crippen LogP) is 0.953. The molecule has 4 heteroatoms. The van der Waals surface area contributed by atoms with Crippen LogP contribution in [0.1, 0.15) is 6.92 Å². The maximum absolute atomic E-state index is 5.64. The fourth-order valence-electron chi connectivity index (χ4n) is 0.905. The van der Waals surface area contributed by atoms with Gasteiger partial charge in [0.1, 0.15) is 5.75 Å². The van der Waals surface area contributed by atoms with Crippen molar-refractivity contribution in [3.05, 3.63) is 18.2 Å². The van der Waals surface area contributed by atoms with Crippen LogP contribution >= 0.6 is 0 Å². The second-order valence-electron chi connectivity index (χ2n) is 2.33. The van der Waals surface area contributed by atoms with E-state index in [0.29, 0.717) is 18.0 Å². The molecule has 0 aliphatic rings. The van der Waals surface area contributed by atoms with E-state index in [1.807, 2.05) is 6.92 Å². The molecule has 0 saturated carbocycles. The summed E-state index contributed by atoms with van der Waals surface area (Å²) in [6.07, 6.45) is 0. The van der Waals surface area contributed by atoms with Crippen LogP contribution < -0.4 is 21.7 Å². The lowest BCUT2D eigenvalue weighted by Crippen LogP contribution is -2.07. The van der Waals surface area contributed by atoms with E-state index in [1.165, 1.54) is 0 Å². The molecule has 0 aromatic heterocycles. The molecule has 0 fully saturated rings. The van der Waals surface area contributed by atoms with Crippen molar-refractivity contribution in [1.82, 2.24) is 0 Å². The number of ether oxygens (including phenoxy) is 1. The highest BCUT2D eigenvalue weighted by molar-refractivity contribution is 5.60. The summed E-state index contributed by atoms with van der Waals surface area (Å²) in [5.41, 5.74) is 9.56. The smallest absolute Gasteiger partial charge is 0.144 e. The Bertz CT molecular complexity index is 262. The van der Waals surface area contributed by atoms with Crippen molar-refractivity contribution in [2.45, 2.75) is 6.92 Å². The van der Waals surface area contributed by atoms with Gasteiger partial charge in [0, 0.05) is 6.07 Å². The summed E-state index contributed by atoms with van der Waals surface area (Å²) < 4.78 is 5.26. The van der Waals surface area contributed by atoms with Crippen LogP contribution in [0.25, 0.3) is 0 Å². The molecule has 0 bridgehead atoms. The minimum absolute atomic E-state index is 0.595. The van der Waals surface area contributed by atoms with Gasteiger partial charge in [-0.15, -0.1) is 0 Å². The van der Waals surface area contributed by atoms with Crippen LogP contribution in [-0.4, -0.2) is 6.61 Å². The molecular formula is C8H13N3O. The van der Waals surface area contributed by atoms with Crippen molar-refractivity contribution in [2.75, 3.05) is 17.8 Å². The van der Waals surface area contributed by atoms with E-state index >= 15 is 0 Å². The van der Waals surface area contributed by atoms with E-state index in [-0.39, 0.29) is 0 Å². The van der Waals surface area contributed by atoms with Crippen LogP contribution in [0.5, 0.6) is 5.75 Å². The van der Waals surface area contributed by atoms with Gasteiger partial charge in [0.15, 0.2) is 0 Å². The van der Waals surface area contributed by atoms with Gasteiger partial charge in [0.05, 0.1) is 18.0 Å². The maximum atomic E-state index is 5.64. The number of benzene rings is 1. The average Bonchev–Trinajstić information content (AvgIpc) is 2.09. The molecule has 12 heavy (non-hydrogen) atoms. The summed E-state index contributed by atoms with van der Waals surface area (Å²) >= 11 is 0. The lowest BCUT2D eigenvalue weighted by Gasteiger charge is -2.08. The largest absolute Gasteiger partial charge is 0.492 e. The monoisotopic (exact) mass is 167 g/mol. The highest BCUT2D eigenvalue weighted by atomic mass is 16.5. The molecule has 0 atom stereocenters. The number of rotatable bonds is 3. The molecule has 5 N–H and O–H groups in total. The van der Waals surface area contributed by atoms with Gasteiger partial charge in [0.25, 0.3) is 0 Å². The Labute approximate surface area is 71.5 Å². The van der Waals surface area contributed by atoms with Gasteiger partial charge in [-0.05, 0) is 19.1 Å². The fourth-order valence-corrected chi connectivity index (χ4v) is 0.905. The second kappa shape index (κ2) is 3.82. The van der Waals surface area contributed by atoms with Gasteiger partial charge in [-0.2, -0.15) is 0 Å². The predicted molar refractivity (Wildman–Crippen MR) is 49.8 cm³/mol. The van der Waals surface area contributed by atoms with Crippen LogP contribution in [0, 0.1) is 0 Å². The summed E-state index contributed by atoms with van der Waals surface area (Å²) in [5, 5.41) is 0. The molecule has 0 spiro atoms. The Kier molecular flexibility index (Phi) is 2.76. The minimum Gasteiger partial charge on any atom is -0.492 e. The summed E-state index contributed by atoms with van der Waals surface area (Å²) in [6, 6.07) is 5.30. The molecule has 0 saturated heterocycles. The molecule has 0 aliphatic carbocycles. The Morgan fingerprint density at radius 3 is 2.83 bits per heavy atom. The number of nitrogen functional groups attached to an aromatic ring is 2. The van der Waals surface area contributed by atoms with Crippen molar-refractivity contribution >= 4 is 11.4 Å².